The summed E-state index contributed by atoms with van der Waals surface area (Å²) in [5.74, 6) is -0.223. The molecule has 0 aliphatic heterocycles. The van der Waals surface area contributed by atoms with Gasteiger partial charge in [-0.15, -0.1) is 0 Å². The summed E-state index contributed by atoms with van der Waals surface area (Å²) in [4.78, 5) is 0. The molecule has 21 heavy (non-hydrogen) atoms. The van der Waals surface area contributed by atoms with E-state index in [2.05, 4.69) is 10.4 Å². The number of hydrogen-bond donors (Lipinski definition) is 2. The minimum Gasteiger partial charge on any atom is -0.392 e. The molecule has 1 aromatic heterocycles. The molecular weight excluding hydrogens is 269 g/mol. The minimum atomic E-state index is -0.223. The highest BCUT2D eigenvalue weighted by Crippen LogP contribution is 2.19. The number of nitrogens with one attached hydrogen (secondary N) is 1. The van der Waals surface area contributed by atoms with Gasteiger partial charge in [0.15, 0.2) is 0 Å². The summed E-state index contributed by atoms with van der Waals surface area (Å²) in [6, 6.07) is 6.66. The van der Waals surface area contributed by atoms with E-state index in [-0.39, 0.29) is 18.0 Å². The molecule has 2 N–H and O–H groups in total. The highest BCUT2D eigenvalue weighted by molar-refractivity contribution is 5.16. The predicted octanol–water partition coefficient (Wildman–Crippen LogP) is 2.07. The fourth-order valence-corrected chi connectivity index (χ4v) is 2.79. The molecular formula is C16H20FN3O. The molecule has 2 aromatic rings. The Kier molecular flexibility index (Phi) is 4.31. The maximum Gasteiger partial charge on any atom is 0.123 e. The Labute approximate surface area is 123 Å². The Balaban J connectivity index is 1.54. The van der Waals surface area contributed by atoms with Crippen LogP contribution in [0.1, 0.15) is 30.4 Å². The van der Waals surface area contributed by atoms with E-state index >= 15 is 0 Å². The first kappa shape index (κ1) is 14.2. The van der Waals surface area contributed by atoms with Gasteiger partial charge in [-0.2, -0.15) is 5.10 Å². The van der Waals surface area contributed by atoms with E-state index in [0.29, 0.717) is 13.1 Å². The zero-order valence-corrected chi connectivity index (χ0v) is 11.9. The first-order valence-electron chi connectivity index (χ1n) is 7.38. The molecule has 3 rings (SSSR count). The lowest BCUT2D eigenvalue weighted by molar-refractivity contribution is 0.148. The summed E-state index contributed by atoms with van der Waals surface area (Å²) in [6.07, 6.45) is 6.60. The summed E-state index contributed by atoms with van der Waals surface area (Å²) in [6.45, 7) is 1.34. The Morgan fingerprint density at radius 2 is 2.05 bits per heavy atom. The van der Waals surface area contributed by atoms with Crippen LogP contribution in [-0.2, 0) is 13.1 Å². The lowest BCUT2D eigenvalue weighted by Crippen LogP contribution is -2.34. The van der Waals surface area contributed by atoms with Crippen molar-refractivity contribution in [1.29, 1.82) is 0 Å². The molecule has 4 nitrogen and oxygen atoms in total. The van der Waals surface area contributed by atoms with Crippen LogP contribution >= 0.6 is 0 Å². The molecule has 1 aromatic carbocycles. The number of benzene rings is 1. The Bertz CT molecular complexity index is 581. The largest absolute Gasteiger partial charge is 0.392 e. The van der Waals surface area contributed by atoms with Gasteiger partial charge in [-0.3, -0.25) is 4.68 Å². The second-order valence-electron chi connectivity index (χ2n) is 5.66. The number of aliphatic hydroxyl groups is 1. The van der Waals surface area contributed by atoms with Crippen molar-refractivity contribution in [2.24, 2.45) is 0 Å². The van der Waals surface area contributed by atoms with Crippen LogP contribution in [0.3, 0.4) is 0 Å². The molecule has 5 heteroatoms. The van der Waals surface area contributed by atoms with Gasteiger partial charge in [-0.25, -0.2) is 4.39 Å². The van der Waals surface area contributed by atoms with Gasteiger partial charge in [0.05, 0.1) is 18.8 Å². The summed E-state index contributed by atoms with van der Waals surface area (Å²) in [7, 11) is 0. The van der Waals surface area contributed by atoms with Crippen molar-refractivity contribution in [3.05, 3.63) is 53.6 Å². The van der Waals surface area contributed by atoms with E-state index in [1.807, 2.05) is 17.1 Å². The highest BCUT2D eigenvalue weighted by Gasteiger charge is 2.24. The van der Waals surface area contributed by atoms with Gasteiger partial charge in [0, 0.05) is 24.3 Å². The molecule has 0 radical (unpaired) electrons. The van der Waals surface area contributed by atoms with Crippen molar-refractivity contribution >= 4 is 0 Å². The van der Waals surface area contributed by atoms with Gasteiger partial charge in [-0.1, -0.05) is 12.1 Å². The first-order chi connectivity index (χ1) is 10.2. The van der Waals surface area contributed by atoms with Crippen molar-refractivity contribution in [2.75, 3.05) is 0 Å². The van der Waals surface area contributed by atoms with E-state index in [1.54, 1.807) is 12.1 Å². The van der Waals surface area contributed by atoms with Gasteiger partial charge in [0.1, 0.15) is 5.82 Å². The van der Waals surface area contributed by atoms with Crippen LogP contribution in [0.5, 0.6) is 0 Å². The van der Waals surface area contributed by atoms with Crippen molar-refractivity contribution in [1.82, 2.24) is 15.1 Å². The molecule has 1 heterocycles. The number of rotatable bonds is 5. The van der Waals surface area contributed by atoms with E-state index < -0.39 is 0 Å². The van der Waals surface area contributed by atoms with Gasteiger partial charge < -0.3 is 10.4 Å². The van der Waals surface area contributed by atoms with Crippen molar-refractivity contribution in [3.8, 4) is 0 Å². The molecule has 112 valence electrons. The fourth-order valence-electron chi connectivity index (χ4n) is 2.79. The van der Waals surface area contributed by atoms with Gasteiger partial charge in [0.2, 0.25) is 0 Å². The maximum absolute atomic E-state index is 12.9. The topological polar surface area (TPSA) is 50.1 Å². The monoisotopic (exact) mass is 289 g/mol. The number of halogens is 1. The second kappa shape index (κ2) is 6.37. The molecule has 1 aliphatic carbocycles. The van der Waals surface area contributed by atoms with Crippen molar-refractivity contribution in [3.63, 3.8) is 0 Å². The molecule has 0 bridgehead atoms. The van der Waals surface area contributed by atoms with Gasteiger partial charge in [0.25, 0.3) is 0 Å². The third-order valence-electron chi connectivity index (χ3n) is 3.99. The summed E-state index contributed by atoms with van der Waals surface area (Å²) in [5, 5.41) is 17.5. The van der Waals surface area contributed by atoms with Crippen LogP contribution in [0, 0.1) is 5.82 Å². The molecule has 1 aliphatic rings. The third-order valence-corrected chi connectivity index (χ3v) is 3.99. The predicted molar refractivity (Wildman–Crippen MR) is 78.2 cm³/mol. The van der Waals surface area contributed by atoms with Crippen LogP contribution in [0.2, 0.25) is 0 Å². The second-order valence-corrected chi connectivity index (χ2v) is 5.66. The maximum atomic E-state index is 12.9. The lowest BCUT2D eigenvalue weighted by atomic mass is 10.2. The molecule has 0 unspecified atom stereocenters. The number of hydrogen-bond acceptors (Lipinski definition) is 3. The Hall–Kier alpha value is -1.72. The molecule has 0 spiro atoms. The van der Waals surface area contributed by atoms with Crippen LogP contribution in [0.4, 0.5) is 4.39 Å². The molecule has 1 fully saturated rings. The average molecular weight is 289 g/mol. The standard InChI is InChI=1S/C16H20FN3O/c17-14-6-4-12(5-7-14)10-20-11-13(9-19-20)8-18-15-2-1-3-16(15)21/h4-7,9,11,15-16,18,21H,1-3,8,10H2/t15-,16+/m1/s1. The summed E-state index contributed by atoms with van der Waals surface area (Å²) >= 11 is 0. The quantitative estimate of drug-likeness (QED) is 0.886. The lowest BCUT2D eigenvalue weighted by Gasteiger charge is -2.15. The molecule has 2 atom stereocenters. The zero-order valence-electron chi connectivity index (χ0n) is 11.9. The van der Waals surface area contributed by atoms with Crippen molar-refractivity contribution in [2.45, 2.75) is 44.5 Å². The van der Waals surface area contributed by atoms with E-state index in [1.165, 1.54) is 12.1 Å². The third kappa shape index (κ3) is 3.68. The fraction of sp³-hybridized carbons (Fsp3) is 0.438. The summed E-state index contributed by atoms with van der Waals surface area (Å²) in [5.41, 5.74) is 2.11. The average Bonchev–Trinajstić information content (AvgIpc) is 3.08. The Morgan fingerprint density at radius 3 is 2.76 bits per heavy atom. The molecule has 0 saturated heterocycles. The molecule has 0 amide bonds. The van der Waals surface area contributed by atoms with Gasteiger partial charge in [-0.05, 0) is 37.0 Å². The van der Waals surface area contributed by atoms with Crippen LogP contribution in [0.15, 0.2) is 36.7 Å². The summed E-state index contributed by atoms with van der Waals surface area (Å²) < 4.78 is 14.7. The van der Waals surface area contributed by atoms with Crippen LogP contribution < -0.4 is 5.32 Å². The number of nitrogens with zero attached hydrogens (tertiary/aromatic N) is 2. The van der Waals surface area contributed by atoms with E-state index in [4.69, 9.17) is 0 Å². The molecule has 1 saturated carbocycles. The normalized spacial score (nSPS) is 21.8. The zero-order chi connectivity index (χ0) is 14.7. The van der Waals surface area contributed by atoms with Gasteiger partial charge >= 0.3 is 0 Å². The number of aromatic nitrogens is 2. The van der Waals surface area contributed by atoms with Crippen LogP contribution in [0.25, 0.3) is 0 Å². The first-order valence-corrected chi connectivity index (χ1v) is 7.38. The van der Waals surface area contributed by atoms with E-state index in [0.717, 1.165) is 30.4 Å². The van der Waals surface area contributed by atoms with E-state index in [9.17, 15) is 9.50 Å². The Morgan fingerprint density at radius 1 is 1.24 bits per heavy atom. The minimum absolute atomic E-state index is 0.199. The SMILES string of the molecule is O[C@H]1CCC[C@H]1NCc1cnn(Cc2ccc(F)cc2)c1. The van der Waals surface area contributed by atoms with Crippen molar-refractivity contribution < 1.29 is 9.50 Å². The number of aliphatic hydroxyl groups excluding tert-OH is 1. The van der Waals surface area contributed by atoms with Crippen LogP contribution in [-0.4, -0.2) is 27.0 Å². The highest BCUT2D eigenvalue weighted by atomic mass is 19.1. The smallest absolute Gasteiger partial charge is 0.123 e.